The zero-order valence-corrected chi connectivity index (χ0v) is 12.5. The Labute approximate surface area is 111 Å². The van der Waals surface area contributed by atoms with Crippen molar-refractivity contribution in [2.24, 2.45) is 5.92 Å². The SMILES string of the molecule is CN(C)CC1CCC(N2CCS(=O)(=O)CC2)CC1. The first-order valence-corrected chi connectivity index (χ1v) is 8.87. The van der Waals surface area contributed by atoms with E-state index in [9.17, 15) is 8.42 Å². The summed E-state index contributed by atoms with van der Waals surface area (Å²) in [6.07, 6.45) is 5.09. The van der Waals surface area contributed by atoms with Gasteiger partial charge in [0.2, 0.25) is 0 Å². The van der Waals surface area contributed by atoms with Crippen LogP contribution in [-0.2, 0) is 9.84 Å². The van der Waals surface area contributed by atoms with E-state index < -0.39 is 9.84 Å². The first-order valence-electron chi connectivity index (χ1n) is 7.05. The third-order valence-electron chi connectivity index (χ3n) is 4.34. The second-order valence-corrected chi connectivity index (χ2v) is 8.43. The van der Waals surface area contributed by atoms with Crippen molar-refractivity contribution in [2.45, 2.75) is 31.7 Å². The maximum atomic E-state index is 11.4. The third kappa shape index (κ3) is 3.93. The molecule has 106 valence electrons. The molecule has 0 N–H and O–H groups in total. The summed E-state index contributed by atoms with van der Waals surface area (Å²) in [6.45, 7) is 2.71. The summed E-state index contributed by atoms with van der Waals surface area (Å²) < 4.78 is 22.8. The molecule has 0 aromatic rings. The van der Waals surface area contributed by atoms with Crippen molar-refractivity contribution < 1.29 is 8.42 Å². The monoisotopic (exact) mass is 274 g/mol. The Balaban J connectivity index is 1.77. The lowest BCUT2D eigenvalue weighted by Gasteiger charge is -2.39. The van der Waals surface area contributed by atoms with E-state index in [2.05, 4.69) is 23.9 Å². The lowest BCUT2D eigenvalue weighted by molar-refractivity contribution is 0.135. The lowest BCUT2D eigenvalue weighted by Crippen LogP contribution is -2.47. The van der Waals surface area contributed by atoms with Crippen LogP contribution in [0.5, 0.6) is 0 Å². The number of hydrogen-bond acceptors (Lipinski definition) is 4. The molecular formula is C13H26N2O2S. The highest BCUT2D eigenvalue weighted by atomic mass is 32.2. The minimum absolute atomic E-state index is 0.366. The molecule has 0 atom stereocenters. The normalized spacial score (nSPS) is 33.7. The molecule has 1 saturated carbocycles. The molecule has 0 amide bonds. The molecule has 1 heterocycles. The van der Waals surface area contributed by atoms with Gasteiger partial charge in [-0.15, -0.1) is 0 Å². The van der Waals surface area contributed by atoms with Gasteiger partial charge in [0.15, 0.2) is 9.84 Å². The summed E-state index contributed by atoms with van der Waals surface area (Å²) in [5.74, 6) is 1.57. The molecule has 1 aliphatic heterocycles. The van der Waals surface area contributed by atoms with Gasteiger partial charge in [-0.3, -0.25) is 4.90 Å². The molecule has 0 aromatic carbocycles. The molecule has 0 radical (unpaired) electrons. The van der Waals surface area contributed by atoms with Crippen LogP contribution >= 0.6 is 0 Å². The maximum Gasteiger partial charge on any atom is 0.152 e. The summed E-state index contributed by atoms with van der Waals surface area (Å²) in [5.41, 5.74) is 0. The maximum absolute atomic E-state index is 11.4. The minimum atomic E-state index is -2.73. The molecule has 4 nitrogen and oxygen atoms in total. The first-order chi connectivity index (χ1) is 8.46. The van der Waals surface area contributed by atoms with Crippen LogP contribution in [0.15, 0.2) is 0 Å². The summed E-state index contributed by atoms with van der Waals surface area (Å²) in [4.78, 5) is 4.69. The van der Waals surface area contributed by atoms with Crippen LogP contribution in [0.4, 0.5) is 0 Å². The smallest absolute Gasteiger partial charge is 0.152 e. The Morgan fingerprint density at radius 1 is 1.06 bits per heavy atom. The lowest BCUT2D eigenvalue weighted by atomic mass is 9.85. The van der Waals surface area contributed by atoms with E-state index in [0.29, 0.717) is 17.5 Å². The van der Waals surface area contributed by atoms with Gasteiger partial charge >= 0.3 is 0 Å². The van der Waals surface area contributed by atoms with Crippen LogP contribution in [0.1, 0.15) is 25.7 Å². The quantitative estimate of drug-likeness (QED) is 0.764. The van der Waals surface area contributed by atoms with E-state index in [1.165, 1.54) is 32.2 Å². The number of sulfone groups is 1. The molecule has 0 spiro atoms. The summed E-state index contributed by atoms with van der Waals surface area (Å²) >= 11 is 0. The van der Waals surface area contributed by atoms with Gasteiger partial charge < -0.3 is 4.90 Å². The zero-order valence-electron chi connectivity index (χ0n) is 11.6. The molecule has 2 aliphatic rings. The predicted octanol–water partition coefficient (Wildman–Crippen LogP) is 0.837. The van der Waals surface area contributed by atoms with Gasteiger partial charge in [0.1, 0.15) is 0 Å². The van der Waals surface area contributed by atoms with Gasteiger partial charge in [0.25, 0.3) is 0 Å². The Hall–Kier alpha value is -0.130. The van der Waals surface area contributed by atoms with Gasteiger partial charge in [0.05, 0.1) is 11.5 Å². The van der Waals surface area contributed by atoms with Crippen molar-refractivity contribution in [3.05, 3.63) is 0 Å². The van der Waals surface area contributed by atoms with Crippen LogP contribution < -0.4 is 0 Å². The molecule has 0 unspecified atom stereocenters. The summed E-state index contributed by atoms with van der Waals surface area (Å²) in [7, 11) is 1.55. The Morgan fingerprint density at radius 2 is 1.61 bits per heavy atom. The molecule has 1 aliphatic carbocycles. The third-order valence-corrected chi connectivity index (χ3v) is 5.94. The Bertz CT molecular complexity index is 345. The average Bonchev–Trinajstić information content (AvgIpc) is 2.30. The fourth-order valence-corrected chi connectivity index (χ4v) is 4.53. The van der Waals surface area contributed by atoms with Crippen LogP contribution in [0, 0.1) is 5.92 Å². The fraction of sp³-hybridized carbons (Fsp3) is 1.00. The standard InChI is InChI=1S/C13H26N2O2S/c1-14(2)11-12-3-5-13(6-4-12)15-7-9-18(16,17)10-8-15/h12-13H,3-11H2,1-2H3. The molecule has 2 rings (SSSR count). The molecule has 2 fully saturated rings. The van der Waals surface area contributed by atoms with Crippen molar-refractivity contribution in [2.75, 3.05) is 45.2 Å². The predicted molar refractivity (Wildman–Crippen MR) is 74.5 cm³/mol. The van der Waals surface area contributed by atoms with E-state index in [1.54, 1.807) is 0 Å². The largest absolute Gasteiger partial charge is 0.309 e. The minimum Gasteiger partial charge on any atom is -0.309 e. The van der Waals surface area contributed by atoms with E-state index in [1.807, 2.05) is 0 Å². The summed E-state index contributed by atoms with van der Waals surface area (Å²) in [5, 5.41) is 0. The Kier molecular flexibility index (Phi) is 4.67. The van der Waals surface area contributed by atoms with Crippen molar-refractivity contribution in [1.82, 2.24) is 9.80 Å². The first kappa shape index (κ1) is 14.3. The second kappa shape index (κ2) is 5.88. The van der Waals surface area contributed by atoms with Gasteiger partial charge in [0, 0.05) is 25.7 Å². The van der Waals surface area contributed by atoms with E-state index in [-0.39, 0.29) is 0 Å². The molecule has 5 heteroatoms. The van der Waals surface area contributed by atoms with Gasteiger partial charge in [-0.2, -0.15) is 0 Å². The van der Waals surface area contributed by atoms with Crippen LogP contribution in [0.3, 0.4) is 0 Å². The van der Waals surface area contributed by atoms with Crippen LogP contribution in [-0.4, -0.2) is 69.5 Å². The molecule has 0 bridgehead atoms. The number of hydrogen-bond donors (Lipinski definition) is 0. The molecule has 0 aromatic heterocycles. The summed E-state index contributed by atoms with van der Waals surface area (Å²) in [6, 6.07) is 0.638. The molecule has 18 heavy (non-hydrogen) atoms. The topological polar surface area (TPSA) is 40.6 Å². The van der Waals surface area contributed by atoms with Gasteiger partial charge in [-0.1, -0.05) is 0 Å². The fourth-order valence-electron chi connectivity index (χ4n) is 3.30. The second-order valence-electron chi connectivity index (χ2n) is 6.12. The highest BCUT2D eigenvalue weighted by Crippen LogP contribution is 2.28. The van der Waals surface area contributed by atoms with Crippen LogP contribution in [0.2, 0.25) is 0 Å². The molecule has 1 saturated heterocycles. The van der Waals surface area contributed by atoms with Crippen molar-refractivity contribution >= 4 is 9.84 Å². The van der Waals surface area contributed by atoms with Crippen LogP contribution in [0.25, 0.3) is 0 Å². The number of nitrogens with zero attached hydrogens (tertiary/aromatic N) is 2. The van der Waals surface area contributed by atoms with E-state index in [4.69, 9.17) is 0 Å². The average molecular weight is 274 g/mol. The molecular weight excluding hydrogens is 248 g/mol. The number of rotatable bonds is 3. The highest BCUT2D eigenvalue weighted by molar-refractivity contribution is 7.91. The van der Waals surface area contributed by atoms with Crippen molar-refractivity contribution in [1.29, 1.82) is 0 Å². The van der Waals surface area contributed by atoms with Gasteiger partial charge in [-0.05, 0) is 45.7 Å². The van der Waals surface area contributed by atoms with E-state index in [0.717, 1.165) is 19.0 Å². The Morgan fingerprint density at radius 3 is 2.11 bits per heavy atom. The van der Waals surface area contributed by atoms with E-state index >= 15 is 0 Å². The highest BCUT2D eigenvalue weighted by Gasteiger charge is 2.30. The van der Waals surface area contributed by atoms with Crippen molar-refractivity contribution in [3.8, 4) is 0 Å². The van der Waals surface area contributed by atoms with Crippen molar-refractivity contribution in [3.63, 3.8) is 0 Å². The van der Waals surface area contributed by atoms with Gasteiger partial charge in [-0.25, -0.2) is 8.42 Å². The zero-order chi connectivity index (χ0) is 13.2.